The summed E-state index contributed by atoms with van der Waals surface area (Å²) in [5, 5.41) is 5.61. The molecule has 2 N–H and O–H groups in total. The van der Waals surface area contributed by atoms with Crippen molar-refractivity contribution in [1.29, 1.82) is 0 Å². The fourth-order valence-corrected chi connectivity index (χ4v) is 6.06. The van der Waals surface area contributed by atoms with E-state index < -0.39 is 23.9 Å². The molecule has 0 aliphatic carbocycles. The van der Waals surface area contributed by atoms with Gasteiger partial charge in [0.15, 0.2) is 0 Å². The number of rotatable bonds is 7. The van der Waals surface area contributed by atoms with Crippen molar-refractivity contribution < 1.29 is 21.2 Å². The van der Waals surface area contributed by atoms with Crippen molar-refractivity contribution in [3.05, 3.63) is 60.0 Å². The van der Waals surface area contributed by atoms with Crippen LogP contribution in [0.25, 0.3) is 0 Å². The SMILES string of the molecule is Cc1ccc(Nc2ncc(F)c(Nc3cccc(S(=O)(=O)N(C)C)c3)n2)cc1S(=O)(=O)[AsH2]. The van der Waals surface area contributed by atoms with Gasteiger partial charge >= 0.3 is 151 Å². The number of aromatic nitrogens is 2. The van der Waals surface area contributed by atoms with E-state index in [9.17, 15) is 21.2 Å². The molecule has 0 saturated carbocycles. The van der Waals surface area contributed by atoms with E-state index in [-0.39, 0.29) is 21.6 Å². The molecule has 0 aliphatic heterocycles. The maximum absolute atomic E-state index is 14.3. The van der Waals surface area contributed by atoms with Crippen molar-refractivity contribution >= 4 is 57.0 Å². The molecule has 13 heteroatoms. The summed E-state index contributed by atoms with van der Waals surface area (Å²) >= 11 is 0.598. The number of nitrogens with zero attached hydrogens (tertiary/aromatic N) is 3. The first kappa shape index (κ1) is 24.1. The topological polar surface area (TPSA) is 121 Å². The summed E-state index contributed by atoms with van der Waals surface area (Å²) in [6.45, 7) is 1.69. The molecule has 3 aromatic rings. The Balaban J connectivity index is 1.90. The number of sulfonamides is 1. The van der Waals surface area contributed by atoms with Crippen molar-refractivity contribution in [3.8, 4) is 0 Å². The number of aryl methyl sites for hydroxylation is 1. The van der Waals surface area contributed by atoms with Crippen molar-refractivity contribution in [1.82, 2.24) is 14.3 Å². The Labute approximate surface area is 193 Å². The van der Waals surface area contributed by atoms with E-state index >= 15 is 0 Å². The summed E-state index contributed by atoms with van der Waals surface area (Å²) in [7, 11) is -4.20. The predicted molar refractivity (Wildman–Crippen MR) is 123 cm³/mol. The van der Waals surface area contributed by atoms with Crippen molar-refractivity contribution in [2.75, 3.05) is 24.7 Å². The minimum atomic E-state index is -3.66. The van der Waals surface area contributed by atoms with Crippen LogP contribution in [-0.4, -0.2) is 60.9 Å². The number of benzene rings is 2. The van der Waals surface area contributed by atoms with Gasteiger partial charge in [-0.2, -0.15) is 0 Å². The summed E-state index contributed by atoms with van der Waals surface area (Å²) in [5.41, 5.74) is 1.34. The van der Waals surface area contributed by atoms with Gasteiger partial charge in [-0.25, -0.2) is 12.7 Å². The Bertz CT molecular complexity index is 1380. The zero-order chi connectivity index (χ0) is 23.7. The number of anilines is 4. The van der Waals surface area contributed by atoms with Crippen LogP contribution in [-0.2, 0) is 18.1 Å². The van der Waals surface area contributed by atoms with Gasteiger partial charge in [0.1, 0.15) is 0 Å². The first-order valence-corrected chi connectivity index (χ1v) is 15.1. The molecule has 0 radical (unpaired) electrons. The molecule has 0 bridgehead atoms. The number of hydrogen-bond acceptors (Lipinski definition) is 8. The summed E-state index contributed by atoms with van der Waals surface area (Å²) in [4.78, 5) is 8.19. The van der Waals surface area contributed by atoms with Gasteiger partial charge in [0.05, 0.1) is 0 Å². The molecule has 0 spiro atoms. The molecule has 9 nitrogen and oxygen atoms in total. The molecule has 1 aromatic heterocycles. The number of nitrogens with one attached hydrogen (secondary N) is 2. The van der Waals surface area contributed by atoms with E-state index in [2.05, 4.69) is 20.6 Å². The quantitative estimate of drug-likeness (QED) is 0.436. The zero-order valence-electron chi connectivity index (χ0n) is 17.4. The molecule has 32 heavy (non-hydrogen) atoms. The van der Waals surface area contributed by atoms with Crippen molar-refractivity contribution in [2.45, 2.75) is 16.7 Å². The van der Waals surface area contributed by atoms with Crippen LogP contribution in [0.2, 0.25) is 0 Å². The van der Waals surface area contributed by atoms with Crippen LogP contribution in [0.1, 0.15) is 5.56 Å². The van der Waals surface area contributed by atoms with E-state index in [1.165, 1.54) is 38.4 Å². The van der Waals surface area contributed by atoms with Crippen LogP contribution < -0.4 is 10.6 Å². The van der Waals surface area contributed by atoms with Crippen LogP contribution in [0, 0.1) is 12.7 Å². The van der Waals surface area contributed by atoms with Crippen molar-refractivity contribution in [3.63, 3.8) is 0 Å². The van der Waals surface area contributed by atoms with E-state index in [1.807, 2.05) is 0 Å². The molecule has 1 unspecified atom stereocenters. The normalized spacial score (nSPS) is 12.1. The molecule has 3 rings (SSSR count). The standard InChI is InChI=1S/C19H21AsFN5O4S2/c1-12-7-8-14(10-17(12)31(20,27)28)24-19-22-11-16(21)18(25-19)23-13-5-4-6-15(9-13)32(29,30)26(2)3/h4-11H,20H2,1-3H3,(H2,22,23,24,25). The van der Waals surface area contributed by atoms with Crippen LogP contribution in [0.5, 0.6) is 0 Å². The van der Waals surface area contributed by atoms with Crippen molar-refractivity contribution in [2.24, 2.45) is 0 Å². The first-order chi connectivity index (χ1) is 14.9. The second-order valence-corrected chi connectivity index (χ2v) is 14.6. The fourth-order valence-electron chi connectivity index (χ4n) is 2.71. The van der Waals surface area contributed by atoms with Crippen LogP contribution in [0.15, 0.2) is 58.5 Å². The Morgan fingerprint density at radius 2 is 1.69 bits per heavy atom. The fraction of sp³-hybridized carbons (Fsp3) is 0.158. The monoisotopic (exact) mass is 541 g/mol. The van der Waals surface area contributed by atoms with Gasteiger partial charge in [-0.05, 0) is 6.07 Å². The van der Waals surface area contributed by atoms with Crippen LogP contribution in [0.3, 0.4) is 0 Å². The maximum atomic E-state index is 14.3. The Morgan fingerprint density at radius 1 is 1.00 bits per heavy atom. The van der Waals surface area contributed by atoms with Gasteiger partial charge in [0.25, 0.3) is 0 Å². The number of hydrogen-bond donors (Lipinski definition) is 2. The summed E-state index contributed by atoms with van der Waals surface area (Å²) < 4.78 is 64.0. The van der Waals surface area contributed by atoms with E-state index in [0.29, 0.717) is 32.6 Å². The predicted octanol–water partition coefficient (Wildman–Crippen LogP) is 1.98. The molecule has 2 aromatic carbocycles. The second-order valence-electron chi connectivity index (χ2n) is 6.98. The van der Waals surface area contributed by atoms with Gasteiger partial charge in [-0.15, -0.1) is 0 Å². The van der Waals surface area contributed by atoms with E-state index in [1.54, 1.807) is 25.1 Å². The van der Waals surface area contributed by atoms with Gasteiger partial charge in [0, 0.05) is 14.1 Å². The number of halogens is 1. The van der Waals surface area contributed by atoms with Crippen LogP contribution >= 0.6 is 0 Å². The first-order valence-electron chi connectivity index (χ1n) is 9.10. The Morgan fingerprint density at radius 3 is 2.34 bits per heavy atom. The summed E-state index contributed by atoms with van der Waals surface area (Å²) in [6.07, 6.45) is 0.951. The molecule has 0 fully saturated rings. The zero-order valence-corrected chi connectivity index (χ0v) is 21.4. The summed E-state index contributed by atoms with van der Waals surface area (Å²) in [5.74, 6) is -0.902. The molecule has 1 heterocycles. The molecule has 0 amide bonds. The molecular weight excluding hydrogens is 520 g/mol. The van der Waals surface area contributed by atoms with Crippen LogP contribution in [0.4, 0.5) is 27.5 Å². The average molecular weight is 541 g/mol. The van der Waals surface area contributed by atoms with E-state index in [0.717, 1.165) is 10.5 Å². The van der Waals surface area contributed by atoms with Gasteiger partial charge in [-0.1, -0.05) is 0 Å². The average Bonchev–Trinajstić information content (AvgIpc) is 2.71. The molecule has 0 saturated heterocycles. The van der Waals surface area contributed by atoms with E-state index in [4.69, 9.17) is 0 Å². The summed E-state index contributed by atoms with van der Waals surface area (Å²) in [6, 6.07) is 10.7. The molecule has 170 valence electrons. The molecule has 0 aliphatic rings. The van der Waals surface area contributed by atoms with Gasteiger partial charge in [-0.3, -0.25) is 0 Å². The van der Waals surface area contributed by atoms with Gasteiger partial charge < -0.3 is 0 Å². The third kappa shape index (κ3) is 5.44. The van der Waals surface area contributed by atoms with Gasteiger partial charge in [0.2, 0.25) is 10.0 Å². The Kier molecular flexibility index (Phi) is 6.89. The molecule has 1 atom stereocenters. The molecular formula is C19H21AsFN5O4S2. The minimum absolute atomic E-state index is 0.0276. The third-order valence-corrected chi connectivity index (χ3v) is 8.83. The third-order valence-electron chi connectivity index (χ3n) is 4.37. The Hall–Kier alpha value is -2.53. The second kappa shape index (κ2) is 9.14.